The Morgan fingerprint density at radius 3 is 2.43 bits per heavy atom. The molecular formula is C11H18N2O. The van der Waals surface area contributed by atoms with Gasteiger partial charge in [-0.05, 0) is 18.4 Å². The number of aryl methyl sites for hydroxylation is 1. The molecule has 0 saturated carbocycles. The topological polar surface area (TPSA) is 48.1 Å². The van der Waals surface area contributed by atoms with Gasteiger partial charge in [-0.25, -0.2) is 4.98 Å². The largest absolute Gasteiger partial charge is 0.481 e. The number of hydrogen-bond donors (Lipinski definition) is 1. The van der Waals surface area contributed by atoms with Crippen LogP contribution in [0.4, 0.5) is 0 Å². The highest BCUT2D eigenvalue weighted by Gasteiger charge is 2.13. The van der Waals surface area contributed by atoms with Gasteiger partial charge in [0.05, 0.1) is 7.11 Å². The molecule has 0 spiro atoms. The third kappa shape index (κ3) is 2.23. The summed E-state index contributed by atoms with van der Waals surface area (Å²) >= 11 is 0. The Bertz CT molecular complexity index is 310. The van der Waals surface area contributed by atoms with Crippen LogP contribution < -0.4 is 10.5 Å². The van der Waals surface area contributed by atoms with Gasteiger partial charge < -0.3 is 10.5 Å². The molecule has 0 bridgehead atoms. The van der Waals surface area contributed by atoms with Crippen molar-refractivity contribution in [1.29, 1.82) is 0 Å². The highest BCUT2D eigenvalue weighted by atomic mass is 16.5. The zero-order valence-electron chi connectivity index (χ0n) is 9.24. The molecule has 0 aliphatic carbocycles. The molecule has 0 saturated heterocycles. The third-order valence-electron chi connectivity index (χ3n) is 2.39. The summed E-state index contributed by atoms with van der Waals surface area (Å²) in [4.78, 5) is 4.29. The fourth-order valence-electron chi connectivity index (χ4n) is 1.37. The van der Waals surface area contributed by atoms with E-state index in [0.717, 1.165) is 11.3 Å². The smallest absolute Gasteiger partial charge is 0.213 e. The van der Waals surface area contributed by atoms with E-state index in [9.17, 15) is 0 Å². The van der Waals surface area contributed by atoms with Crippen LogP contribution in [0, 0.1) is 12.8 Å². The Hall–Kier alpha value is -1.09. The van der Waals surface area contributed by atoms with Gasteiger partial charge >= 0.3 is 0 Å². The Morgan fingerprint density at radius 1 is 1.36 bits per heavy atom. The summed E-state index contributed by atoms with van der Waals surface area (Å²) in [6.07, 6.45) is 0. The molecule has 2 N–H and O–H groups in total. The highest BCUT2D eigenvalue weighted by molar-refractivity contribution is 5.27. The number of rotatable bonds is 3. The number of nitrogens with zero attached hydrogens (tertiary/aromatic N) is 1. The fraction of sp³-hybridized carbons (Fsp3) is 0.545. The van der Waals surface area contributed by atoms with E-state index in [-0.39, 0.29) is 6.04 Å². The molecular weight excluding hydrogens is 176 g/mol. The van der Waals surface area contributed by atoms with Crippen molar-refractivity contribution in [2.24, 2.45) is 11.7 Å². The van der Waals surface area contributed by atoms with Crippen LogP contribution in [-0.4, -0.2) is 12.1 Å². The molecule has 3 nitrogen and oxygen atoms in total. The quantitative estimate of drug-likeness (QED) is 0.801. The molecule has 1 rings (SSSR count). The van der Waals surface area contributed by atoms with Crippen LogP contribution in [0.2, 0.25) is 0 Å². The first-order valence-corrected chi connectivity index (χ1v) is 4.83. The van der Waals surface area contributed by atoms with Gasteiger partial charge in [0.1, 0.15) is 0 Å². The summed E-state index contributed by atoms with van der Waals surface area (Å²) in [5, 5.41) is 0. The molecule has 0 aliphatic rings. The minimum atomic E-state index is 0.0495. The molecule has 1 atom stereocenters. The molecule has 0 fully saturated rings. The van der Waals surface area contributed by atoms with E-state index in [4.69, 9.17) is 10.5 Å². The van der Waals surface area contributed by atoms with E-state index in [1.54, 1.807) is 7.11 Å². The van der Waals surface area contributed by atoms with Crippen molar-refractivity contribution in [1.82, 2.24) is 4.98 Å². The van der Waals surface area contributed by atoms with E-state index in [2.05, 4.69) is 18.8 Å². The van der Waals surface area contributed by atoms with Gasteiger partial charge in [0.2, 0.25) is 5.88 Å². The minimum absolute atomic E-state index is 0.0495. The predicted molar refractivity (Wildman–Crippen MR) is 57.3 cm³/mol. The van der Waals surface area contributed by atoms with Crippen LogP contribution in [0.1, 0.15) is 31.1 Å². The third-order valence-corrected chi connectivity index (χ3v) is 2.39. The average molecular weight is 194 g/mol. The molecule has 3 heteroatoms. The lowest BCUT2D eigenvalue weighted by Crippen LogP contribution is -2.18. The molecule has 78 valence electrons. The van der Waals surface area contributed by atoms with Crippen LogP contribution in [0.15, 0.2) is 12.1 Å². The number of pyridine rings is 1. The summed E-state index contributed by atoms with van der Waals surface area (Å²) in [6, 6.07) is 3.89. The van der Waals surface area contributed by atoms with Crippen molar-refractivity contribution >= 4 is 0 Å². The molecule has 0 unspecified atom stereocenters. The van der Waals surface area contributed by atoms with Crippen LogP contribution in [0.3, 0.4) is 0 Å². The second-order valence-corrected chi connectivity index (χ2v) is 3.80. The molecule has 0 aliphatic heterocycles. The standard InChI is InChI=1S/C11H18N2O/c1-7(2)11(12)9-5-6-10(14-4)13-8(9)3/h5-7,11H,12H2,1-4H3/t11-/m1/s1. The zero-order chi connectivity index (χ0) is 10.7. The lowest BCUT2D eigenvalue weighted by Gasteiger charge is -2.17. The second-order valence-electron chi connectivity index (χ2n) is 3.80. The molecule has 1 aromatic rings. The van der Waals surface area contributed by atoms with Gasteiger partial charge in [-0.3, -0.25) is 0 Å². The Balaban J connectivity index is 2.99. The monoisotopic (exact) mass is 194 g/mol. The summed E-state index contributed by atoms with van der Waals surface area (Å²) in [5.41, 5.74) is 8.10. The van der Waals surface area contributed by atoms with E-state index < -0.39 is 0 Å². The van der Waals surface area contributed by atoms with Crippen molar-refractivity contribution in [3.05, 3.63) is 23.4 Å². The van der Waals surface area contributed by atoms with Gasteiger partial charge in [-0.1, -0.05) is 19.9 Å². The predicted octanol–water partition coefficient (Wildman–Crippen LogP) is 2.05. The number of nitrogens with two attached hydrogens (primary N) is 1. The maximum absolute atomic E-state index is 6.05. The first-order chi connectivity index (χ1) is 6.56. The highest BCUT2D eigenvalue weighted by Crippen LogP contribution is 2.22. The van der Waals surface area contributed by atoms with Crippen molar-refractivity contribution in [2.75, 3.05) is 7.11 Å². The van der Waals surface area contributed by atoms with Crippen LogP contribution >= 0.6 is 0 Å². The van der Waals surface area contributed by atoms with Gasteiger partial charge in [-0.15, -0.1) is 0 Å². The van der Waals surface area contributed by atoms with Crippen LogP contribution in [0.5, 0.6) is 5.88 Å². The number of aromatic nitrogens is 1. The SMILES string of the molecule is COc1ccc([C@H](N)C(C)C)c(C)n1. The Morgan fingerprint density at radius 2 is 2.00 bits per heavy atom. The maximum atomic E-state index is 6.05. The lowest BCUT2D eigenvalue weighted by molar-refractivity contribution is 0.395. The number of methoxy groups -OCH3 is 1. The maximum Gasteiger partial charge on any atom is 0.213 e. The molecule has 0 amide bonds. The van der Waals surface area contributed by atoms with Crippen molar-refractivity contribution in [3.8, 4) is 5.88 Å². The van der Waals surface area contributed by atoms with Crippen LogP contribution in [-0.2, 0) is 0 Å². The zero-order valence-corrected chi connectivity index (χ0v) is 9.24. The number of hydrogen-bond acceptors (Lipinski definition) is 3. The summed E-state index contributed by atoms with van der Waals surface area (Å²) in [6.45, 7) is 6.17. The first kappa shape index (κ1) is 11.0. The van der Waals surface area contributed by atoms with Gasteiger partial charge in [-0.2, -0.15) is 0 Å². The lowest BCUT2D eigenvalue weighted by atomic mass is 9.96. The minimum Gasteiger partial charge on any atom is -0.481 e. The van der Waals surface area contributed by atoms with E-state index in [0.29, 0.717) is 11.8 Å². The molecule has 1 heterocycles. The first-order valence-electron chi connectivity index (χ1n) is 4.83. The average Bonchev–Trinajstić information content (AvgIpc) is 2.16. The van der Waals surface area contributed by atoms with Gasteiger partial charge in [0.15, 0.2) is 0 Å². The fourth-order valence-corrected chi connectivity index (χ4v) is 1.37. The van der Waals surface area contributed by atoms with Crippen molar-refractivity contribution in [3.63, 3.8) is 0 Å². The molecule has 1 aromatic heterocycles. The molecule has 0 radical (unpaired) electrons. The second kappa shape index (κ2) is 4.42. The van der Waals surface area contributed by atoms with Gasteiger partial charge in [0.25, 0.3) is 0 Å². The van der Waals surface area contributed by atoms with Crippen LogP contribution in [0.25, 0.3) is 0 Å². The van der Waals surface area contributed by atoms with Crippen molar-refractivity contribution < 1.29 is 4.74 Å². The van der Waals surface area contributed by atoms with E-state index in [1.807, 2.05) is 19.1 Å². The summed E-state index contributed by atoms with van der Waals surface area (Å²) < 4.78 is 5.04. The van der Waals surface area contributed by atoms with E-state index in [1.165, 1.54) is 0 Å². The van der Waals surface area contributed by atoms with E-state index >= 15 is 0 Å². The van der Waals surface area contributed by atoms with Crippen molar-refractivity contribution in [2.45, 2.75) is 26.8 Å². The Kier molecular flexibility index (Phi) is 3.47. The Labute approximate surface area is 85.3 Å². The normalized spacial score (nSPS) is 13.0. The molecule has 0 aromatic carbocycles. The number of ether oxygens (including phenoxy) is 1. The molecule has 14 heavy (non-hydrogen) atoms. The summed E-state index contributed by atoms with van der Waals surface area (Å²) in [5.74, 6) is 1.06. The summed E-state index contributed by atoms with van der Waals surface area (Å²) in [7, 11) is 1.61. The van der Waals surface area contributed by atoms with Gasteiger partial charge in [0, 0.05) is 17.8 Å².